The number of ketones is 1. The smallest absolute Gasteiger partial charge is 0.312 e. The van der Waals surface area contributed by atoms with E-state index in [9.17, 15) is 14.9 Å². The first-order chi connectivity index (χ1) is 10.0. The molecule has 0 N–H and O–H groups in total. The van der Waals surface area contributed by atoms with E-state index in [1.165, 1.54) is 19.1 Å². The number of hydrogen-bond donors (Lipinski definition) is 0. The summed E-state index contributed by atoms with van der Waals surface area (Å²) >= 11 is 0. The fourth-order valence-electron chi connectivity index (χ4n) is 1.70. The highest BCUT2D eigenvalue weighted by molar-refractivity contribution is 5.94. The van der Waals surface area contributed by atoms with Crippen molar-refractivity contribution in [3.8, 4) is 17.6 Å². The topological polar surface area (TPSA) is 93.2 Å². The van der Waals surface area contributed by atoms with Gasteiger partial charge in [0.25, 0.3) is 0 Å². The molecule has 0 fully saturated rings. The maximum absolute atomic E-state index is 11.2. The Morgan fingerprint density at radius 3 is 2.43 bits per heavy atom. The molecule has 0 aliphatic rings. The summed E-state index contributed by atoms with van der Waals surface area (Å²) in [5.74, 6) is 0.327. The first kappa shape index (κ1) is 14.2. The van der Waals surface area contributed by atoms with E-state index in [-0.39, 0.29) is 22.8 Å². The Kier molecular flexibility index (Phi) is 3.95. The van der Waals surface area contributed by atoms with Gasteiger partial charge in [-0.05, 0) is 43.3 Å². The molecule has 0 saturated carbocycles. The normalized spacial score (nSPS) is 9.71. The first-order valence-electron chi connectivity index (χ1n) is 5.98. The molecule has 0 spiro atoms. The number of Topliss-reactive ketones (excluding diaryl/α,β-unsaturated/α-hetero) is 1. The Bertz CT molecular complexity index is 745. The molecule has 0 bridgehead atoms. The standard InChI is InChI=1S/C15H10N2O4/c1-10(18)12-3-5-13(6-4-12)21-15-7-2-11(9-16)8-14(15)17(19)20/h2-8H,1H3. The zero-order valence-corrected chi connectivity index (χ0v) is 11.1. The highest BCUT2D eigenvalue weighted by Gasteiger charge is 2.16. The number of rotatable bonds is 4. The molecule has 2 aromatic rings. The second-order valence-corrected chi connectivity index (χ2v) is 4.23. The lowest BCUT2D eigenvalue weighted by atomic mass is 10.1. The van der Waals surface area contributed by atoms with E-state index in [0.717, 1.165) is 6.07 Å². The molecule has 6 nitrogen and oxygen atoms in total. The van der Waals surface area contributed by atoms with Gasteiger partial charge in [-0.25, -0.2) is 0 Å². The molecule has 2 aromatic carbocycles. The minimum absolute atomic E-state index is 0.0366. The third kappa shape index (κ3) is 3.22. The Balaban J connectivity index is 2.33. The molecule has 104 valence electrons. The minimum atomic E-state index is -0.611. The number of benzene rings is 2. The van der Waals surface area contributed by atoms with E-state index in [4.69, 9.17) is 10.00 Å². The van der Waals surface area contributed by atoms with Gasteiger partial charge >= 0.3 is 5.69 Å². The molecule has 0 heterocycles. The largest absolute Gasteiger partial charge is 0.450 e. The summed E-state index contributed by atoms with van der Waals surface area (Å²) in [6.07, 6.45) is 0. The van der Waals surface area contributed by atoms with Crippen molar-refractivity contribution in [3.05, 3.63) is 63.7 Å². The van der Waals surface area contributed by atoms with Crippen molar-refractivity contribution in [1.82, 2.24) is 0 Å². The monoisotopic (exact) mass is 282 g/mol. The lowest BCUT2D eigenvalue weighted by Crippen LogP contribution is -1.95. The van der Waals surface area contributed by atoms with E-state index in [1.807, 2.05) is 6.07 Å². The number of carbonyl (C=O) groups excluding carboxylic acids is 1. The van der Waals surface area contributed by atoms with Gasteiger partial charge in [0.2, 0.25) is 5.75 Å². The number of hydrogen-bond acceptors (Lipinski definition) is 5. The maximum Gasteiger partial charge on any atom is 0.312 e. The summed E-state index contributed by atoms with van der Waals surface area (Å²) in [5, 5.41) is 19.8. The number of nitro benzene ring substituents is 1. The zero-order chi connectivity index (χ0) is 15.4. The van der Waals surface area contributed by atoms with Gasteiger partial charge in [0.15, 0.2) is 5.78 Å². The van der Waals surface area contributed by atoms with Crippen LogP contribution in [0.5, 0.6) is 11.5 Å². The highest BCUT2D eigenvalue weighted by Crippen LogP contribution is 2.32. The van der Waals surface area contributed by atoms with Gasteiger partial charge in [-0.15, -0.1) is 0 Å². The van der Waals surface area contributed by atoms with Crippen LogP contribution in [0, 0.1) is 21.4 Å². The minimum Gasteiger partial charge on any atom is -0.450 e. The van der Waals surface area contributed by atoms with Gasteiger partial charge in [0.1, 0.15) is 5.75 Å². The molecule has 21 heavy (non-hydrogen) atoms. The van der Waals surface area contributed by atoms with Crippen LogP contribution < -0.4 is 4.74 Å². The van der Waals surface area contributed by atoms with Gasteiger partial charge in [0, 0.05) is 11.6 Å². The maximum atomic E-state index is 11.2. The van der Waals surface area contributed by atoms with E-state index in [2.05, 4.69) is 0 Å². The summed E-state index contributed by atoms with van der Waals surface area (Å²) < 4.78 is 5.44. The van der Waals surface area contributed by atoms with Crippen molar-refractivity contribution < 1.29 is 14.5 Å². The number of nitro groups is 1. The Morgan fingerprint density at radius 2 is 1.90 bits per heavy atom. The zero-order valence-electron chi connectivity index (χ0n) is 11.1. The predicted octanol–water partition coefficient (Wildman–Crippen LogP) is 3.46. The third-order valence-corrected chi connectivity index (χ3v) is 2.77. The predicted molar refractivity (Wildman–Crippen MR) is 74.3 cm³/mol. The number of nitriles is 1. The molecular formula is C15H10N2O4. The molecule has 0 saturated heterocycles. The van der Waals surface area contributed by atoms with Crippen molar-refractivity contribution >= 4 is 11.5 Å². The van der Waals surface area contributed by atoms with Crippen molar-refractivity contribution in [2.75, 3.05) is 0 Å². The summed E-state index contributed by atoms with van der Waals surface area (Å²) in [6.45, 7) is 1.45. The van der Waals surface area contributed by atoms with Crippen LogP contribution in [0.4, 0.5) is 5.69 Å². The fourth-order valence-corrected chi connectivity index (χ4v) is 1.70. The second kappa shape index (κ2) is 5.84. The van der Waals surface area contributed by atoms with Crippen LogP contribution in [0.1, 0.15) is 22.8 Å². The highest BCUT2D eigenvalue weighted by atomic mass is 16.6. The van der Waals surface area contributed by atoms with Crippen LogP contribution >= 0.6 is 0 Å². The number of carbonyl (C=O) groups is 1. The fraction of sp³-hybridized carbons (Fsp3) is 0.0667. The van der Waals surface area contributed by atoms with Gasteiger partial charge in [0.05, 0.1) is 16.6 Å². The second-order valence-electron chi connectivity index (χ2n) is 4.23. The summed E-state index contributed by atoms with van der Waals surface area (Å²) in [5.41, 5.74) is 0.419. The Labute approximate surface area is 120 Å². The van der Waals surface area contributed by atoms with Crippen molar-refractivity contribution in [2.24, 2.45) is 0 Å². The lowest BCUT2D eigenvalue weighted by Gasteiger charge is -2.07. The Hall–Kier alpha value is -3.20. The van der Waals surface area contributed by atoms with Gasteiger partial charge in [-0.1, -0.05) is 0 Å². The average molecular weight is 282 g/mol. The quantitative estimate of drug-likeness (QED) is 0.486. The van der Waals surface area contributed by atoms with Crippen LogP contribution in [0.3, 0.4) is 0 Å². The van der Waals surface area contributed by atoms with Crippen LogP contribution in [-0.2, 0) is 0 Å². The van der Waals surface area contributed by atoms with E-state index >= 15 is 0 Å². The van der Waals surface area contributed by atoms with Crippen LogP contribution in [0.15, 0.2) is 42.5 Å². The van der Waals surface area contributed by atoms with Crippen LogP contribution in [-0.4, -0.2) is 10.7 Å². The van der Waals surface area contributed by atoms with Crippen LogP contribution in [0.2, 0.25) is 0 Å². The average Bonchev–Trinajstić information content (AvgIpc) is 2.48. The van der Waals surface area contributed by atoms with Crippen molar-refractivity contribution in [1.29, 1.82) is 5.26 Å². The summed E-state index contributed by atoms with van der Waals surface area (Å²) in [6, 6.07) is 12.1. The van der Waals surface area contributed by atoms with E-state index in [1.54, 1.807) is 24.3 Å². The molecule has 0 amide bonds. The van der Waals surface area contributed by atoms with Crippen LogP contribution in [0.25, 0.3) is 0 Å². The third-order valence-electron chi connectivity index (χ3n) is 2.77. The van der Waals surface area contributed by atoms with E-state index in [0.29, 0.717) is 11.3 Å². The lowest BCUT2D eigenvalue weighted by molar-refractivity contribution is -0.385. The molecular weight excluding hydrogens is 272 g/mol. The molecule has 0 unspecified atom stereocenters. The molecule has 0 aromatic heterocycles. The summed E-state index contributed by atoms with van der Waals surface area (Å²) in [4.78, 5) is 21.6. The molecule has 0 radical (unpaired) electrons. The van der Waals surface area contributed by atoms with Gasteiger partial charge in [-0.3, -0.25) is 14.9 Å². The molecule has 6 heteroatoms. The van der Waals surface area contributed by atoms with Gasteiger partial charge in [-0.2, -0.15) is 5.26 Å². The van der Waals surface area contributed by atoms with Gasteiger partial charge < -0.3 is 4.74 Å². The molecule has 0 aliphatic heterocycles. The molecule has 0 atom stereocenters. The van der Waals surface area contributed by atoms with E-state index < -0.39 is 4.92 Å². The number of nitrogens with zero attached hydrogens (tertiary/aromatic N) is 2. The van der Waals surface area contributed by atoms with Crippen molar-refractivity contribution in [2.45, 2.75) is 6.92 Å². The summed E-state index contributed by atoms with van der Waals surface area (Å²) in [7, 11) is 0. The van der Waals surface area contributed by atoms with Crippen molar-refractivity contribution in [3.63, 3.8) is 0 Å². The first-order valence-corrected chi connectivity index (χ1v) is 5.98. The molecule has 0 aliphatic carbocycles. The Morgan fingerprint density at radius 1 is 1.24 bits per heavy atom. The SMILES string of the molecule is CC(=O)c1ccc(Oc2ccc(C#N)cc2[N+](=O)[O-])cc1. The number of ether oxygens (including phenoxy) is 1. The molecule has 2 rings (SSSR count).